The van der Waals surface area contributed by atoms with Crippen LogP contribution in [0.2, 0.25) is 0 Å². The SMILES string of the molecule is Cc1noc(C(C)N2CCN(C(=O)c3ccccc3N)CC2)n1. The fourth-order valence-corrected chi connectivity index (χ4v) is 2.81. The summed E-state index contributed by atoms with van der Waals surface area (Å²) in [6.07, 6.45) is 0. The Hall–Kier alpha value is -2.41. The predicted octanol–water partition coefficient (Wildman–Crippen LogP) is 1.48. The van der Waals surface area contributed by atoms with Gasteiger partial charge in [-0.05, 0) is 26.0 Å². The molecule has 1 aromatic carbocycles. The van der Waals surface area contributed by atoms with Crippen molar-refractivity contribution in [1.29, 1.82) is 0 Å². The standard InChI is InChI=1S/C16H21N5O2/c1-11(15-18-12(2)19-23-15)20-7-9-21(10-8-20)16(22)13-5-3-4-6-14(13)17/h3-6,11H,7-10,17H2,1-2H3. The van der Waals surface area contributed by atoms with Gasteiger partial charge in [-0.15, -0.1) is 0 Å². The summed E-state index contributed by atoms with van der Waals surface area (Å²) in [5.74, 6) is 1.25. The number of carbonyl (C=O) groups excluding carboxylic acids is 1. The highest BCUT2D eigenvalue weighted by atomic mass is 16.5. The van der Waals surface area contributed by atoms with E-state index in [1.165, 1.54) is 0 Å². The van der Waals surface area contributed by atoms with Gasteiger partial charge in [0.15, 0.2) is 5.82 Å². The molecule has 0 saturated carbocycles. The minimum absolute atomic E-state index is 0.0102. The molecule has 1 aliphatic heterocycles. The third-order valence-corrected chi connectivity index (χ3v) is 4.24. The molecule has 23 heavy (non-hydrogen) atoms. The Bertz CT molecular complexity index is 691. The normalized spacial score (nSPS) is 17.2. The van der Waals surface area contributed by atoms with Crippen molar-refractivity contribution in [3.05, 3.63) is 41.5 Å². The third-order valence-electron chi connectivity index (χ3n) is 4.24. The molecule has 0 aliphatic carbocycles. The number of carbonyl (C=O) groups is 1. The molecule has 0 radical (unpaired) electrons. The number of rotatable bonds is 3. The van der Waals surface area contributed by atoms with Gasteiger partial charge in [-0.25, -0.2) is 0 Å². The molecular formula is C16H21N5O2. The van der Waals surface area contributed by atoms with E-state index in [9.17, 15) is 4.79 Å². The lowest BCUT2D eigenvalue weighted by molar-refractivity contribution is 0.0552. The largest absolute Gasteiger partial charge is 0.398 e. The van der Waals surface area contributed by atoms with Crippen LogP contribution in [-0.4, -0.2) is 52.0 Å². The summed E-state index contributed by atoms with van der Waals surface area (Å²) < 4.78 is 5.24. The van der Waals surface area contributed by atoms with Crippen LogP contribution in [0.3, 0.4) is 0 Å². The van der Waals surface area contributed by atoms with Crippen LogP contribution in [0.1, 0.15) is 35.0 Å². The monoisotopic (exact) mass is 315 g/mol. The maximum atomic E-state index is 12.6. The molecule has 0 bridgehead atoms. The zero-order chi connectivity index (χ0) is 16.4. The van der Waals surface area contributed by atoms with Crippen LogP contribution in [-0.2, 0) is 0 Å². The molecule has 122 valence electrons. The van der Waals surface area contributed by atoms with Gasteiger partial charge in [-0.2, -0.15) is 4.98 Å². The van der Waals surface area contributed by atoms with Crippen molar-refractivity contribution in [1.82, 2.24) is 19.9 Å². The van der Waals surface area contributed by atoms with Crippen LogP contribution >= 0.6 is 0 Å². The number of anilines is 1. The Morgan fingerprint density at radius 2 is 1.96 bits per heavy atom. The number of nitrogen functional groups attached to an aromatic ring is 1. The summed E-state index contributed by atoms with van der Waals surface area (Å²) >= 11 is 0. The van der Waals surface area contributed by atoms with Crippen LogP contribution in [0.4, 0.5) is 5.69 Å². The van der Waals surface area contributed by atoms with Crippen LogP contribution in [0.25, 0.3) is 0 Å². The lowest BCUT2D eigenvalue weighted by Gasteiger charge is -2.37. The molecule has 0 spiro atoms. The van der Waals surface area contributed by atoms with Gasteiger partial charge in [-0.1, -0.05) is 17.3 Å². The number of hydrogen-bond donors (Lipinski definition) is 1. The highest BCUT2D eigenvalue weighted by Gasteiger charge is 2.28. The van der Waals surface area contributed by atoms with E-state index >= 15 is 0 Å². The van der Waals surface area contributed by atoms with Crippen molar-refractivity contribution in [2.45, 2.75) is 19.9 Å². The molecule has 3 rings (SSSR count). The lowest BCUT2D eigenvalue weighted by atomic mass is 10.1. The molecule has 2 aromatic rings. The average molecular weight is 315 g/mol. The van der Waals surface area contributed by atoms with Crippen LogP contribution in [0.5, 0.6) is 0 Å². The second-order valence-corrected chi connectivity index (χ2v) is 5.77. The Balaban J connectivity index is 1.62. The zero-order valence-electron chi connectivity index (χ0n) is 13.4. The molecule has 1 aliphatic rings. The summed E-state index contributed by atoms with van der Waals surface area (Å²) in [7, 11) is 0. The van der Waals surface area contributed by atoms with Gasteiger partial charge in [0.1, 0.15) is 0 Å². The Morgan fingerprint density at radius 1 is 1.26 bits per heavy atom. The van der Waals surface area contributed by atoms with E-state index in [0.717, 1.165) is 13.1 Å². The summed E-state index contributed by atoms with van der Waals surface area (Å²) in [4.78, 5) is 20.9. The maximum Gasteiger partial charge on any atom is 0.256 e. The van der Waals surface area contributed by atoms with Crippen molar-refractivity contribution in [2.75, 3.05) is 31.9 Å². The quantitative estimate of drug-likeness (QED) is 0.863. The minimum Gasteiger partial charge on any atom is -0.398 e. The number of nitrogens with zero attached hydrogens (tertiary/aromatic N) is 4. The second kappa shape index (κ2) is 6.37. The third kappa shape index (κ3) is 3.19. The molecule has 1 unspecified atom stereocenters. The van der Waals surface area contributed by atoms with Crippen molar-refractivity contribution in [3.63, 3.8) is 0 Å². The molecule has 7 nitrogen and oxygen atoms in total. The molecule has 2 heterocycles. The van der Waals surface area contributed by atoms with Crippen LogP contribution < -0.4 is 5.73 Å². The number of piperazine rings is 1. The summed E-state index contributed by atoms with van der Waals surface area (Å²) in [5, 5.41) is 3.83. The van der Waals surface area contributed by atoms with E-state index < -0.39 is 0 Å². The van der Waals surface area contributed by atoms with Gasteiger partial charge in [0.05, 0.1) is 11.6 Å². The van der Waals surface area contributed by atoms with E-state index in [1.807, 2.05) is 24.0 Å². The number of benzene rings is 1. The van der Waals surface area contributed by atoms with E-state index in [4.69, 9.17) is 10.3 Å². The van der Waals surface area contributed by atoms with Gasteiger partial charge in [-0.3, -0.25) is 9.69 Å². The Labute approximate surface area is 135 Å². The van der Waals surface area contributed by atoms with Crippen molar-refractivity contribution >= 4 is 11.6 Å². The van der Waals surface area contributed by atoms with Gasteiger partial charge in [0, 0.05) is 31.9 Å². The first-order chi connectivity index (χ1) is 11.1. The van der Waals surface area contributed by atoms with Gasteiger partial charge in [0.2, 0.25) is 5.89 Å². The Kier molecular flexibility index (Phi) is 4.29. The smallest absolute Gasteiger partial charge is 0.256 e. The lowest BCUT2D eigenvalue weighted by Crippen LogP contribution is -2.49. The number of amides is 1. The summed E-state index contributed by atoms with van der Waals surface area (Å²) in [5.41, 5.74) is 6.99. The molecule has 1 amide bonds. The molecule has 1 aromatic heterocycles. The first kappa shape index (κ1) is 15.5. The van der Waals surface area contributed by atoms with E-state index in [0.29, 0.717) is 36.1 Å². The second-order valence-electron chi connectivity index (χ2n) is 5.77. The topological polar surface area (TPSA) is 88.5 Å². The molecule has 1 saturated heterocycles. The van der Waals surface area contributed by atoms with Gasteiger partial charge < -0.3 is 15.2 Å². The molecule has 1 fully saturated rings. The van der Waals surface area contributed by atoms with Gasteiger partial charge >= 0.3 is 0 Å². The molecule has 2 N–H and O–H groups in total. The fourth-order valence-electron chi connectivity index (χ4n) is 2.81. The number of hydrogen-bond acceptors (Lipinski definition) is 6. The highest BCUT2D eigenvalue weighted by Crippen LogP contribution is 2.21. The van der Waals surface area contributed by atoms with Crippen molar-refractivity contribution in [3.8, 4) is 0 Å². The maximum absolute atomic E-state index is 12.6. The van der Waals surface area contributed by atoms with E-state index in [2.05, 4.69) is 15.0 Å². The molecule has 7 heteroatoms. The number of aryl methyl sites for hydroxylation is 1. The van der Waals surface area contributed by atoms with Gasteiger partial charge in [0.25, 0.3) is 5.91 Å². The Morgan fingerprint density at radius 3 is 2.57 bits per heavy atom. The molecule has 1 atom stereocenters. The van der Waals surface area contributed by atoms with Crippen molar-refractivity contribution < 1.29 is 9.32 Å². The predicted molar refractivity (Wildman–Crippen MR) is 85.8 cm³/mol. The van der Waals surface area contributed by atoms with Crippen molar-refractivity contribution in [2.24, 2.45) is 0 Å². The first-order valence-corrected chi connectivity index (χ1v) is 7.74. The van der Waals surface area contributed by atoms with Crippen LogP contribution in [0.15, 0.2) is 28.8 Å². The molecular weight excluding hydrogens is 294 g/mol. The minimum atomic E-state index is -0.0102. The fraction of sp³-hybridized carbons (Fsp3) is 0.438. The van der Waals surface area contributed by atoms with E-state index in [1.54, 1.807) is 19.1 Å². The first-order valence-electron chi connectivity index (χ1n) is 7.74. The number of aromatic nitrogens is 2. The van der Waals surface area contributed by atoms with Crippen LogP contribution in [0, 0.1) is 6.92 Å². The zero-order valence-corrected chi connectivity index (χ0v) is 13.4. The highest BCUT2D eigenvalue weighted by molar-refractivity contribution is 5.99. The number of para-hydroxylation sites is 1. The summed E-state index contributed by atoms with van der Waals surface area (Å²) in [6, 6.07) is 7.24. The number of nitrogens with two attached hydrogens (primary N) is 1. The van der Waals surface area contributed by atoms with E-state index in [-0.39, 0.29) is 11.9 Å². The average Bonchev–Trinajstić information content (AvgIpc) is 3.01. The summed E-state index contributed by atoms with van der Waals surface area (Å²) in [6.45, 7) is 6.69.